The molecule has 0 unspecified atom stereocenters. The fourth-order valence-corrected chi connectivity index (χ4v) is 1.87. The molecule has 7 nitrogen and oxygen atoms in total. The highest BCUT2D eigenvalue weighted by Crippen LogP contribution is 2.03. The number of hydrogen-bond acceptors (Lipinski definition) is 4. The molecule has 0 fully saturated rings. The number of carbonyl (C=O) groups excluding carboxylic acids is 1. The maximum atomic E-state index is 11.6. The van der Waals surface area contributed by atoms with Crippen LogP contribution in [0.15, 0.2) is 11.2 Å². The van der Waals surface area contributed by atoms with Gasteiger partial charge in [-0.05, 0) is 6.92 Å². The first-order valence-corrected chi connectivity index (χ1v) is 6.02. The van der Waals surface area contributed by atoms with Gasteiger partial charge in [0.25, 0.3) is 10.0 Å². The molecule has 1 amide bonds. The van der Waals surface area contributed by atoms with Crippen LogP contribution in [0.4, 0.5) is 0 Å². The van der Waals surface area contributed by atoms with E-state index in [2.05, 4.69) is 14.7 Å². The first-order valence-electron chi connectivity index (χ1n) is 4.54. The molecule has 8 heteroatoms. The first kappa shape index (κ1) is 12.7. The number of nitrogens with one attached hydrogen (secondary N) is 2. The summed E-state index contributed by atoms with van der Waals surface area (Å²) in [4.78, 5) is 18.9. The molecule has 1 aromatic rings. The number of aromatic nitrogens is 2. The van der Waals surface area contributed by atoms with Crippen LogP contribution in [-0.2, 0) is 14.8 Å². The number of rotatable bonds is 4. The van der Waals surface area contributed by atoms with Crippen LogP contribution in [-0.4, -0.2) is 49.8 Å². The maximum Gasteiger partial charge on any atom is 0.258 e. The van der Waals surface area contributed by atoms with Crippen LogP contribution in [0.3, 0.4) is 0 Å². The van der Waals surface area contributed by atoms with Crippen molar-refractivity contribution in [3.63, 3.8) is 0 Å². The van der Waals surface area contributed by atoms with Crippen molar-refractivity contribution >= 4 is 15.9 Å². The topological polar surface area (TPSA) is 95.2 Å². The fraction of sp³-hybridized carbons (Fsp3) is 0.500. The molecule has 1 heterocycles. The van der Waals surface area contributed by atoms with Crippen LogP contribution >= 0.6 is 0 Å². The van der Waals surface area contributed by atoms with Crippen LogP contribution in [0.25, 0.3) is 0 Å². The third-order valence-electron chi connectivity index (χ3n) is 1.88. The van der Waals surface area contributed by atoms with E-state index >= 15 is 0 Å². The molecule has 0 radical (unpaired) electrons. The number of hydrogen-bond donors (Lipinski definition) is 2. The minimum absolute atomic E-state index is 0.0449. The Kier molecular flexibility index (Phi) is 3.66. The van der Waals surface area contributed by atoms with Gasteiger partial charge in [-0.15, -0.1) is 0 Å². The molecule has 2 N–H and O–H groups in total. The summed E-state index contributed by atoms with van der Waals surface area (Å²) < 4.78 is 25.4. The van der Waals surface area contributed by atoms with Crippen LogP contribution in [0.5, 0.6) is 0 Å². The van der Waals surface area contributed by atoms with E-state index < -0.39 is 10.0 Å². The lowest BCUT2D eigenvalue weighted by atomic mass is 10.6. The van der Waals surface area contributed by atoms with E-state index in [-0.39, 0.29) is 17.5 Å². The van der Waals surface area contributed by atoms with E-state index in [0.717, 1.165) is 0 Å². The van der Waals surface area contributed by atoms with Gasteiger partial charge < -0.3 is 9.88 Å². The summed E-state index contributed by atoms with van der Waals surface area (Å²) in [6.07, 6.45) is 1.21. The second-order valence-electron chi connectivity index (χ2n) is 3.45. The Bertz CT molecular complexity index is 477. The highest BCUT2D eigenvalue weighted by atomic mass is 32.2. The summed E-state index contributed by atoms with van der Waals surface area (Å²) in [5.74, 6) is 0.180. The van der Waals surface area contributed by atoms with Gasteiger partial charge in [0.1, 0.15) is 5.82 Å². The molecule has 0 aliphatic rings. The monoisotopic (exact) mass is 246 g/mol. The molecule has 1 rings (SSSR count). The van der Waals surface area contributed by atoms with Crippen molar-refractivity contribution in [2.24, 2.45) is 0 Å². The van der Waals surface area contributed by atoms with Crippen molar-refractivity contribution in [1.29, 1.82) is 0 Å². The van der Waals surface area contributed by atoms with E-state index in [1.54, 1.807) is 21.0 Å². The Morgan fingerprint density at radius 2 is 2.19 bits per heavy atom. The second kappa shape index (κ2) is 4.62. The van der Waals surface area contributed by atoms with Crippen molar-refractivity contribution < 1.29 is 13.2 Å². The zero-order chi connectivity index (χ0) is 12.3. The number of likely N-dealkylation sites (N-methyl/N-ethyl adjacent to an activating group) is 1. The standard InChI is InChI=1S/C8H14N4O3S/c1-6-9-4-7(11-6)16(14,15)10-5-8(13)12(2)3/h4,10H,5H2,1-3H3,(H,9,11). The molecule has 1 aromatic heterocycles. The van der Waals surface area contributed by atoms with E-state index in [1.165, 1.54) is 11.1 Å². The molecule has 16 heavy (non-hydrogen) atoms. The Morgan fingerprint density at radius 3 is 2.62 bits per heavy atom. The highest BCUT2D eigenvalue weighted by Gasteiger charge is 2.17. The van der Waals surface area contributed by atoms with Crippen molar-refractivity contribution in [2.75, 3.05) is 20.6 Å². The van der Waals surface area contributed by atoms with E-state index in [0.29, 0.717) is 5.82 Å². The second-order valence-corrected chi connectivity index (χ2v) is 5.18. The molecular weight excluding hydrogens is 232 g/mol. The smallest absolute Gasteiger partial charge is 0.258 e. The van der Waals surface area contributed by atoms with Gasteiger partial charge in [0.15, 0.2) is 5.03 Å². The lowest BCUT2D eigenvalue weighted by Gasteiger charge is -2.10. The molecule has 0 bridgehead atoms. The quantitative estimate of drug-likeness (QED) is 0.718. The lowest BCUT2D eigenvalue weighted by Crippen LogP contribution is -2.36. The molecule has 0 saturated heterocycles. The van der Waals surface area contributed by atoms with Gasteiger partial charge in [-0.1, -0.05) is 0 Å². The molecule has 0 aromatic carbocycles. The summed E-state index contributed by atoms with van der Waals surface area (Å²) in [7, 11) is -0.578. The Hall–Kier alpha value is -1.41. The Morgan fingerprint density at radius 1 is 1.56 bits per heavy atom. The molecule has 0 saturated carbocycles. The number of nitrogens with zero attached hydrogens (tertiary/aromatic N) is 2. The van der Waals surface area contributed by atoms with E-state index in [1.807, 2.05) is 0 Å². The van der Waals surface area contributed by atoms with Crippen LogP contribution in [0, 0.1) is 6.92 Å². The number of imidazole rings is 1. The Balaban J connectivity index is 2.70. The first-order chi connectivity index (χ1) is 7.33. The highest BCUT2D eigenvalue weighted by molar-refractivity contribution is 7.89. The van der Waals surface area contributed by atoms with Crippen molar-refractivity contribution in [2.45, 2.75) is 11.9 Å². The summed E-state index contributed by atoms with van der Waals surface area (Å²) in [6.45, 7) is 1.37. The van der Waals surface area contributed by atoms with Gasteiger partial charge in [0.2, 0.25) is 5.91 Å². The number of amides is 1. The van der Waals surface area contributed by atoms with Crippen LogP contribution in [0.1, 0.15) is 5.82 Å². The summed E-state index contributed by atoms with van der Waals surface area (Å²) in [5.41, 5.74) is 0. The lowest BCUT2D eigenvalue weighted by molar-refractivity contribution is -0.127. The van der Waals surface area contributed by atoms with Crippen LogP contribution in [0.2, 0.25) is 0 Å². The maximum absolute atomic E-state index is 11.6. The number of H-pyrrole nitrogens is 1. The zero-order valence-electron chi connectivity index (χ0n) is 9.31. The molecule has 0 aliphatic carbocycles. The molecule has 90 valence electrons. The minimum atomic E-state index is -3.68. The van der Waals surface area contributed by atoms with Gasteiger partial charge in [-0.25, -0.2) is 18.1 Å². The molecule has 0 spiro atoms. The zero-order valence-corrected chi connectivity index (χ0v) is 10.1. The SMILES string of the molecule is Cc1ncc(S(=O)(=O)NCC(=O)N(C)C)[nH]1. The molecule has 0 atom stereocenters. The average Bonchev–Trinajstić information content (AvgIpc) is 2.61. The van der Waals surface area contributed by atoms with Crippen molar-refractivity contribution in [1.82, 2.24) is 19.6 Å². The summed E-state index contributed by atoms with van der Waals surface area (Å²) >= 11 is 0. The number of aryl methyl sites for hydroxylation is 1. The number of carbonyl (C=O) groups is 1. The van der Waals surface area contributed by atoms with Gasteiger partial charge >= 0.3 is 0 Å². The third kappa shape index (κ3) is 3.04. The van der Waals surface area contributed by atoms with Gasteiger partial charge in [-0.3, -0.25) is 4.79 Å². The largest absolute Gasteiger partial charge is 0.348 e. The van der Waals surface area contributed by atoms with E-state index in [9.17, 15) is 13.2 Å². The number of aromatic amines is 1. The van der Waals surface area contributed by atoms with Crippen molar-refractivity contribution in [3.8, 4) is 0 Å². The van der Waals surface area contributed by atoms with Crippen molar-refractivity contribution in [3.05, 3.63) is 12.0 Å². The number of sulfonamides is 1. The van der Waals surface area contributed by atoms with Gasteiger partial charge in [0.05, 0.1) is 12.7 Å². The van der Waals surface area contributed by atoms with E-state index in [4.69, 9.17) is 0 Å². The average molecular weight is 246 g/mol. The van der Waals surface area contributed by atoms with Gasteiger partial charge in [0, 0.05) is 14.1 Å². The normalized spacial score (nSPS) is 11.4. The third-order valence-corrected chi connectivity index (χ3v) is 3.19. The predicted molar refractivity (Wildman–Crippen MR) is 57.2 cm³/mol. The molecular formula is C8H14N4O3S. The molecule has 0 aliphatic heterocycles. The van der Waals surface area contributed by atoms with Gasteiger partial charge in [-0.2, -0.15) is 0 Å². The van der Waals surface area contributed by atoms with Crippen LogP contribution < -0.4 is 4.72 Å². The summed E-state index contributed by atoms with van der Waals surface area (Å²) in [5, 5.41) is -0.0449. The summed E-state index contributed by atoms with van der Waals surface area (Å²) in [6, 6.07) is 0. The fourth-order valence-electron chi connectivity index (χ4n) is 0.927. The Labute approximate surface area is 93.9 Å². The minimum Gasteiger partial charge on any atom is -0.348 e. The predicted octanol–water partition coefficient (Wildman–Crippen LogP) is -0.915.